The Hall–Kier alpha value is -2.23. The summed E-state index contributed by atoms with van der Waals surface area (Å²) in [5.41, 5.74) is 0.878. The molecule has 0 aliphatic heterocycles. The van der Waals surface area contributed by atoms with Gasteiger partial charge in [0.2, 0.25) is 0 Å². The maximum absolute atomic E-state index is 12.6. The van der Waals surface area contributed by atoms with Gasteiger partial charge in [-0.05, 0) is 36.5 Å². The van der Waals surface area contributed by atoms with Crippen LogP contribution in [-0.4, -0.2) is 32.3 Å². The van der Waals surface area contributed by atoms with Crippen molar-refractivity contribution in [3.8, 4) is 0 Å². The molecule has 0 N–H and O–H groups in total. The van der Waals surface area contributed by atoms with E-state index in [0.717, 1.165) is 25.7 Å². The molecule has 0 bridgehead atoms. The highest BCUT2D eigenvalue weighted by Gasteiger charge is 2.38. The molecule has 1 fully saturated rings. The number of hydrogen-bond donors (Lipinski definition) is 0. The van der Waals surface area contributed by atoms with Gasteiger partial charge in [-0.25, -0.2) is 4.21 Å². The Labute approximate surface area is 160 Å². The molecular weight excluding hydrogens is 395 g/mol. The first kappa shape index (κ1) is 20.5. The van der Waals surface area contributed by atoms with Gasteiger partial charge in [-0.3, -0.25) is 4.79 Å². The van der Waals surface area contributed by atoms with Crippen LogP contribution in [0.1, 0.15) is 53.3 Å². The van der Waals surface area contributed by atoms with Gasteiger partial charge in [-0.15, -0.1) is 0 Å². The van der Waals surface area contributed by atoms with E-state index in [-0.39, 0.29) is 17.8 Å². The zero-order valence-corrected chi connectivity index (χ0v) is 16.1. The predicted octanol–water partition coefficient (Wildman–Crippen LogP) is 4.11. The van der Waals surface area contributed by atoms with Crippen molar-refractivity contribution < 1.29 is 26.7 Å². The molecule has 1 amide bonds. The summed E-state index contributed by atoms with van der Waals surface area (Å²) in [5, 5.41) is 3.30. The molecule has 152 valence electrons. The zero-order chi connectivity index (χ0) is 20.4. The fourth-order valence-corrected chi connectivity index (χ4v) is 5.01. The standard InChI is InChI=1S/C18H20F3N3O3S/c1-28(26,11-13-4-2-3-5-13)24-16(25)14-8-6-12(7-9-14)10-15-22-17(27-23-15)18(19,20)21/h6-9,13H,2-5,10-11H2,1H3. The van der Waals surface area contributed by atoms with Gasteiger partial charge in [-0.1, -0.05) is 30.1 Å². The number of carbonyl (C=O) groups excluding carboxylic acids is 1. The quantitative estimate of drug-likeness (QED) is 0.734. The molecule has 1 aliphatic carbocycles. The Balaban J connectivity index is 1.66. The molecule has 2 aromatic rings. The average Bonchev–Trinajstić information content (AvgIpc) is 3.26. The van der Waals surface area contributed by atoms with Crippen molar-refractivity contribution in [3.05, 3.63) is 47.1 Å². The van der Waals surface area contributed by atoms with Gasteiger partial charge in [0.1, 0.15) is 0 Å². The number of alkyl halides is 3. The maximum atomic E-state index is 12.6. The first-order chi connectivity index (χ1) is 13.1. The second kappa shape index (κ2) is 8.02. The van der Waals surface area contributed by atoms with Gasteiger partial charge in [0.05, 0.1) is 9.73 Å². The number of rotatable bonds is 5. The number of benzene rings is 1. The summed E-state index contributed by atoms with van der Waals surface area (Å²) in [7, 11) is -2.60. The third-order valence-corrected chi connectivity index (χ3v) is 6.21. The smallest absolute Gasteiger partial charge is 0.329 e. The molecule has 10 heteroatoms. The molecule has 3 rings (SSSR count). The van der Waals surface area contributed by atoms with E-state index in [4.69, 9.17) is 0 Å². The largest absolute Gasteiger partial charge is 0.471 e. The van der Waals surface area contributed by atoms with Gasteiger partial charge in [0.15, 0.2) is 5.82 Å². The van der Waals surface area contributed by atoms with Crippen molar-refractivity contribution in [2.45, 2.75) is 38.3 Å². The fraction of sp³-hybridized carbons (Fsp3) is 0.500. The third kappa shape index (κ3) is 5.40. The summed E-state index contributed by atoms with van der Waals surface area (Å²) >= 11 is 0. The molecule has 1 unspecified atom stereocenters. The molecule has 6 nitrogen and oxygen atoms in total. The van der Waals surface area contributed by atoms with Crippen LogP contribution in [-0.2, 0) is 22.3 Å². The number of amides is 1. The molecular formula is C18H20F3N3O3S. The summed E-state index contributed by atoms with van der Waals surface area (Å²) in [6.45, 7) is 0. The third-order valence-electron chi connectivity index (χ3n) is 4.57. The lowest BCUT2D eigenvalue weighted by Crippen LogP contribution is -2.14. The SMILES string of the molecule is CS(=O)(CC1CCCC1)=NC(=O)c1ccc(Cc2noc(C(F)(F)F)n2)cc1. The van der Waals surface area contributed by atoms with E-state index < -0.39 is 27.7 Å². The lowest BCUT2D eigenvalue weighted by Gasteiger charge is -2.10. The molecule has 0 radical (unpaired) electrons. The highest BCUT2D eigenvalue weighted by molar-refractivity contribution is 7.93. The molecule has 1 atom stereocenters. The Morgan fingerprint density at radius 3 is 2.46 bits per heavy atom. The molecule has 1 saturated carbocycles. The van der Waals surface area contributed by atoms with Gasteiger partial charge >= 0.3 is 12.1 Å². The van der Waals surface area contributed by atoms with Crippen LogP contribution in [0.15, 0.2) is 33.2 Å². The molecule has 0 spiro atoms. The Morgan fingerprint density at radius 1 is 1.25 bits per heavy atom. The first-order valence-electron chi connectivity index (χ1n) is 8.85. The minimum atomic E-state index is -4.69. The minimum Gasteiger partial charge on any atom is -0.329 e. The molecule has 1 aromatic carbocycles. The molecule has 1 heterocycles. The number of carbonyl (C=O) groups is 1. The van der Waals surface area contributed by atoms with Gasteiger partial charge in [0.25, 0.3) is 5.91 Å². The predicted molar refractivity (Wildman–Crippen MR) is 96.2 cm³/mol. The fourth-order valence-electron chi connectivity index (χ4n) is 3.27. The maximum Gasteiger partial charge on any atom is 0.471 e. The molecule has 28 heavy (non-hydrogen) atoms. The van der Waals surface area contributed by atoms with Gasteiger partial charge in [-0.2, -0.15) is 22.5 Å². The first-order valence-corrected chi connectivity index (χ1v) is 10.9. The monoisotopic (exact) mass is 415 g/mol. The van der Waals surface area contributed by atoms with Crippen LogP contribution >= 0.6 is 0 Å². The van der Waals surface area contributed by atoms with Crippen LogP contribution < -0.4 is 0 Å². The van der Waals surface area contributed by atoms with E-state index in [1.165, 1.54) is 18.4 Å². The van der Waals surface area contributed by atoms with E-state index in [1.807, 2.05) is 0 Å². The van der Waals surface area contributed by atoms with Crippen molar-refractivity contribution in [1.82, 2.24) is 10.1 Å². The van der Waals surface area contributed by atoms with E-state index >= 15 is 0 Å². The summed E-state index contributed by atoms with van der Waals surface area (Å²) in [5.74, 6) is -1.28. The van der Waals surface area contributed by atoms with E-state index in [1.54, 1.807) is 12.1 Å². The minimum absolute atomic E-state index is 0.0252. The van der Waals surface area contributed by atoms with Crippen molar-refractivity contribution in [2.75, 3.05) is 12.0 Å². The van der Waals surface area contributed by atoms with Crippen molar-refractivity contribution in [3.63, 3.8) is 0 Å². The second-order valence-corrected chi connectivity index (χ2v) is 9.49. The van der Waals surface area contributed by atoms with Crippen LogP contribution in [0.3, 0.4) is 0 Å². The van der Waals surface area contributed by atoms with Crippen LogP contribution in [0.25, 0.3) is 0 Å². The van der Waals surface area contributed by atoms with Crippen molar-refractivity contribution in [2.24, 2.45) is 10.3 Å². The summed E-state index contributed by atoms with van der Waals surface area (Å²) in [6.07, 6.45) is 1.14. The summed E-state index contributed by atoms with van der Waals surface area (Å²) < 4.78 is 58.1. The van der Waals surface area contributed by atoms with Gasteiger partial charge in [0, 0.05) is 24.0 Å². The topological polar surface area (TPSA) is 85.4 Å². The van der Waals surface area contributed by atoms with Crippen LogP contribution in [0, 0.1) is 5.92 Å². The lowest BCUT2D eigenvalue weighted by atomic mass is 10.1. The number of hydrogen-bond acceptors (Lipinski definition) is 5. The second-order valence-electron chi connectivity index (χ2n) is 7.06. The van der Waals surface area contributed by atoms with E-state index in [0.29, 0.717) is 17.2 Å². The molecule has 0 saturated heterocycles. The zero-order valence-electron chi connectivity index (χ0n) is 15.2. The number of aromatic nitrogens is 2. The Morgan fingerprint density at radius 2 is 1.89 bits per heavy atom. The van der Waals surface area contributed by atoms with Crippen molar-refractivity contribution in [1.29, 1.82) is 0 Å². The van der Waals surface area contributed by atoms with E-state index in [9.17, 15) is 22.2 Å². The molecule has 1 aromatic heterocycles. The number of halogens is 3. The van der Waals surface area contributed by atoms with Crippen LogP contribution in [0.2, 0.25) is 0 Å². The highest BCUT2D eigenvalue weighted by Crippen LogP contribution is 2.28. The van der Waals surface area contributed by atoms with Crippen LogP contribution in [0.4, 0.5) is 13.2 Å². The normalized spacial score (nSPS) is 17.4. The lowest BCUT2D eigenvalue weighted by molar-refractivity contribution is -0.159. The molecule has 1 aliphatic rings. The Kier molecular flexibility index (Phi) is 5.87. The highest BCUT2D eigenvalue weighted by atomic mass is 32.2. The van der Waals surface area contributed by atoms with Crippen molar-refractivity contribution >= 4 is 15.6 Å². The van der Waals surface area contributed by atoms with Gasteiger partial charge < -0.3 is 4.52 Å². The average molecular weight is 415 g/mol. The van der Waals surface area contributed by atoms with Crippen LogP contribution in [0.5, 0.6) is 0 Å². The Bertz CT molecular complexity index is 954. The van der Waals surface area contributed by atoms with E-state index in [2.05, 4.69) is 19.0 Å². The summed E-state index contributed by atoms with van der Waals surface area (Å²) in [4.78, 5) is 15.6. The number of nitrogens with zero attached hydrogens (tertiary/aromatic N) is 3. The summed E-state index contributed by atoms with van der Waals surface area (Å²) in [6, 6.07) is 6.13.